The van der Waals surface area contributed by atoms with Gasteiger partial charge in [-0.15, -0.1) is 11.3 Å². The molecule has 2 atom stereocenters. The van der Waals surface area contributed by atoms with E-state index < -0.39 is 0 Å². The summed E-state index contributed by atoms with van der Waals surface area (Å²) in [5, 5.41) is 8.01. The summed E-state index contributed by atoms with van der Waals surface area (Å²) in [6.07, 6.45) is 1.28. The summed E-state index contributed by atoms with van der Waals surface area (Å²) in [6, 6.07) is 5.51. The second-order valence-corrected chi connectivity index (χ2v) is 9.17. The summed E-state index contributed by atoms with van der Waals surface area (Å²) < 4.78 is 0. The molecule has 2 heterocycles. The van der Waals surface area contributed by atoms with Gasteiger partial charge in [0.1, 0.15) is 0 Å². The van der Waals surface area contributed by atoms with E-state index in [0.717, 1.165) is 36.5 Å². The Morgan fingerprint density at radius 2 is 1.90 bits per heavy atom. The number of carbonyl (C=O) groups is 2. The molecule has 29 heavy (non-hydrogen) atoms. The van der Waals surface area contributed by atoms with Crippen molar-refractivity contribution in [2.75, 3.05) is 25.0 Å². The van der Waals surface area contributed by atoms with Crippen LogP contribution < -0.4 is 10.6 Å². The lowest BCUT2D eigenvalue weighted by Crippen LogP contribution is -2.38. The zero-order valence-corrected chi connectivity index (χ0v) is 18.4. The van der Waals surface area contributed by atoms with E-state index in [1.807, 2.05) is 31.4 Å². The molecule has 7 heteroatoms. The van der Waals surface area contributed by atoms with Crippen molar-refractivity contribution in [3.05, 3.63) is 46.0 Å². The minimum absolute atomic E-state index is 0.0815. The average molecular weight is 415 g/mol. The second-order valence-electron chi connectivity index (χ2n) is 8.31. The van der Waals surface area contributed by atoms with Crippen molar-refractivity contribution >= 4 is 28.3 Å². The molecule has 1 aliphatic rings. The number of benzene rings is 1. The lowest BCUT2D eigenvalue weighted by atomic mass is 9.92. The lowest BCUT2D eigenvalue weighted by molar-refractivity contribution is -0.115. The van der Waals surface area contributed by atoms with Gasteiger partial charge in [0.2, 0.25) is 5.91 Å². The molecule has 0 radical (unpaired) electrons. The second kappa shape index (κ2) is 9.50. The van der Waals surface area contributed by atoms with E-state index in [1.54, 1.807) is 6.07 Å². The van der Waals surface area contributed by atoms with E-state index in [-0.39, 0.29) is 18.4 Å². The SMILES string of the molecule is Cc1ccc(C(=O)NCC(=O)Nc2nc(CN3CC(C)CC(C)C3)cs2)cc1C. The van der Waals surface area contributed by atoms with Crippen molar-refractivity contribution in [1.29, 1.82) is 0 Å². The quantitative estimate of drug-likeness (QED) is 0.757. The van der Waals surface area contributed by atoms with Gasteiger partial charge in [0.05, 0.1) is 12.2 Å². The number of aromatic nitrogens is 1. The van der Waals surface area contributed by atoms with Gasteiger partial charge in [-0.3, -0.25) is 14.5 Å². The molecule has 0 spiro atoms. The molecule has 1 saturated heterocycles. The lowest BCUT2D eigenvalue weighted by Gasteiger charge is -2.34. The monoisotopic (exact) mass is 414 g/mol. The normalized spacial score (nSPS) is 19.7. The van der Waals surface area contributed by atoms with Crippen LogP contribution in [0.4, 0.5) is 5.13 Å². The van der Waals surface area contributed by atoms with Crippen molar-refractivity contribution < 1.29 is 9.59 Å². The molecule has 1 aliphatic heterocycles. The highest BCUT2D eigenvalue weighted by Crippen LogP contribution is 2.23. The van der Waals surface area contributed by atoms with Gasteiger partial charge in [-0.25, -0.2) is 4.98 Å². The predicted molar refractivity (Wildman–Crippen MR) is 117 cm³/mol. The molecule has 1 aromatic carbocycles. The smallest absolute Gasteiger partial charge is 0.251 e. The fraction of sp³-hybridized carbons (Fsp3) is 0.500. The van der Waals surface area contributed by atoms with Crippen molar-refractivity contribution in [3.63, 3.8) is 0 Å². The van der Waals surface area contributed by atoms with E-state index in [1.165, 1.54) is 17.8 Å². The summed E-state index contributed by atoms with van der Waals surface area (Å²) in [5.74, 6) is 0.884. The van der Waals surface area contributed by atoms with Gasteiger partial charge in [-0.2, -0.15) is 0 Å². The standard InChI is InChI=1S/C22H30N4O2S/c1-14-7-15(2)11-26(10-14)12-19-13-29-22(24-19)25-20(27)9-23-21(28)18-6-5-16(3)17(4)8-18/h5-6,8,13-15H,7,9-12H2,1-4H3,(H,23,28)(H,24,25,27). The molecule has 2 unspecified atom stereocenters. The molecule has 1 fully saturated rings. The van der Waals surface area contributed by atoms with Gasteiger partial charge in [0.25, 0.3) is 5.91 Å². The topological polar surface area (TPSA) is 74.3 Å². The van der Waals surface area contributed by atoms with E-state index in [4.69, 9.17) is 0 Å². The summed E-state index contributed by atoms with van der Waals surface area (Å²) in [5.41, 5.74) is 3.72. The van der Waals surface area contributed by atoms with Crippen molar-refractivity contribution in [3.8, 4) is 0 Å². The summed E-state index contributed by atoms with van der Waals surface area (Å²) >= 11 is 1.42. The number of carbonyl (C=O) groups excluding carboxylic acids is 2. The molecule has 2 aromatic rings. The molecular formula is C22H30N4O2S. The molecule has 0 bridgehead atoms. The summed E-state index contributed by atoms with van der Waals surface area (Å²) in [7, 11) is 0. The van der Waals surface area contributed by atoms with Gasteiger partial charge in [0.15, 0.2) is 5.13 Å². The van der Waals surface area contributed by atoms with Gasteiger partial charge in [0, 0.05) is 30.6 Å². The first-order valence-corrected chi connectivity index (χ1v) is 11.0. The highest BCUT2D eigenvalue weighted by Gasteiger charge is 2.22. The number of thiazole rings is 1. The minimum atomic E-state index is -0.275. The van der Waals surface area contributed by atoms with Crippen LogP contribution in [0, 0.1) is 25.7 Å². The maximum Gasteiger partial charge on any atom is 0.251 e. The minimum Gasteiger partial charge on any atom is -0.343 e. The van der Waals surface area contributed by atoms with E-state index in [9.17, 15) is 9.59 Å². The van der Waals surface area contributed by atoms with E-state index in [2.05, 4.69) is 34.4 Å². The number of likely N-dealkylation sites (tertiary alicyclic amines) is 1. The number of nitrogens with zero attached hydrogens (tertiary/aromatic N) is 2. The number of anilines is 1. The van der Waals surface area contributed by atoms with E-state index in [0.29, 0.717) is 22.5 Å². The molecule has 1 aromatic heterocycles. The predicted octanol–water partition coefficient (Wildman–Crippen LogP) is 3.61. The first-order valence-electron chi connectivity index (χ1n) is 10.1. The first kappa shape index (κ1) is 21.5. The van der Waals surface area contributed by atoms with Gasteiger partial charge in [-0.05, 0) is 55.4 Å². The van der Waals surface area contributed by atoms with Crippen LogP contribution in [-0.4, -0.2) is 41.3 Å². The van der Waals surface area contributed by atoms with Crippen molar-refractivity contribution in [2.24, 2.45) is 11.8 Å². The number of amides is 2. The molecule has 2 amide bonds. The Morgan fingerprint density at radius 1 is 1.17 bits per heavy atom. The highest BCUT2D eigenvalue weighted by atomic mass is 32.1. The molecule has 156 valence electrons. The third-order valence-corrected chi connectivity index (χ3v) is 6.11. The van der Waals surface area contributed by atoms with Crippen LogP contribution in [0.25, 0.3) is 0 Å². The third-order valence-electron chi connectivity index (χ3n) is 5.31. The Morgan fingerprint density at radius 3 is 2.59 bits per heavy atom. The maximum absolute atomic E-state index is 12.2. The fourth-order valence-electron chi connectivity index (χ4n) is 3.90. The van der Waals surface area contributed by atoms with Crippen LogP contribution in [0.5, 0.6) is 0 Å². The summed E-state index contributed by atoms with van der Waals surface area (Å²) in [4.78, 5) is 31.4. The van der Waals surface area contributed by atoms with Crippen LogP contribution in [0.1, 0.15) is 47.4 Å². The molecular weight excluding hydrogens is 384 g/mol. The number of rotatable bonds is 6. The van der Waals surface area contributed by atoms with Crippen LogP contribution in [0.3, 0.4) is 0 Å². The zero-order chi connectivity index (χ0) is 21.0. The fourth-order valence-corrected chi connectivity index (χ4v) is 4.61. The van der Waals surface area contributed by atoms with Crippen molar-refractivity contribution in [1.82, 2.24) is 15.2 Å². The number of nitrogens with one attached hydrogen (secondary N) is 2. The van der Waals surface area contributed by atoms with Crippen LogP contribution in [0.2, 0.25) is 0 Å². The summed E-state index contributed by atoms with van der Waals surface area (Å²) in [6.45, 7) is 11.5. The zero-order valence-electron chi connectivity index (χ0n) is 17.6. The molecule has 6 nitrogen and oxygen atoms in total. The number of hydrogen-bond donors (Lipinski definition) is 2. The number of aryl methyl sites for hydroxylation is 2. The van der Waals surface area contributed by atoms with Crippen LogP contribution in [0.15, 0.2) is 23.6 Å². The molecule has 0 saturated carbocycles. The third kappa shape index (κ3) is 6.11. The Kier molecular flexibility index (Phi) is 7.03. The largest absolute Gasteiger partial charge is 0.343 e. The van der Waals surface area contributed by atoms with Crippen molar-refractivity contribution in [2.45, 2.75) is 40.7 Å². The number of hydrogen-bond acceptors (Lipinski definition) is 5. The van der Waals surface area contributed by atoms with E-state index >= 15 is 0 Å². The molecule has 3 rings (SSSR count). The van der Waals surface area contributed by atoms with Crippen LogP contribution in [-0.2, 0) is 11.3 Å². The van der Waals surface area contributed by atoms with Gasteiger partial charge < -0.3 is 10.6 Å². The average Bonchev–Trinajstić information content (AvgIpc) is 3.07. The Balaban J connectivity index is 1.47. The van der Waals surface area contributed by atoms with Gasteiger partial charge in [-0.1, -0.05) is 19.9 Å². The van der Waals surface area contributed by atoms with Crippen LogP contribution >= 0.6 is 11.3 Å². The molecule has 0 aliphatic carbocycles. The Bertz CT molecular complexity index is 869. The number of piperidine rings is 1. The molecule has 2 N–H and O–H groups in total. The first-order chi connectivity index (χ1) is 13.8. The Labute approximate surface area is 176 Å². The Hall–Kier alpha value is -2.25. The van der Waals surface area contributed by atoms with Gasteiger partial charge >= 0.3 is 0 Å². The maximum atomic E-state index is 12.2. The highest BCUT2D eigenvalue weighted by molar-refractivity contribution is 7.13.